The van der Waals surface area contributed by atoms with Crippen LogP contribution in [0.2, 0.25) is 0 Å². The average molecular weight is 2080 g/mol. The summed E-state index contributed by atoms with van der Waals surface area (Å²) < 4.78 is 40.1. The molecule has 3 heterocycles. The Bertz CT molecular complexity index is 7100. The average Bonchev–Trinajstić information content (AvgIpc) is 0.812. The first-order chi connectivity index (χ1) is 68.2. The van der Waals surface area contributed by atoms with E-state index in [0.717, 1.165) is 79.3 Å². The summed E-state index contributed by atoms with van der Waals surface area (Å²) in [6.07, 6.45) is 27.1. The van der Waals surface area contributed by atoms with Gasteiger partial charge in [0.05, 0.1) is 54.5 Å². The number of nitro groups is 3. The van der Waals surface area contributed by atoms with Crippen molar-refractivity contribution in [3.05, 3.63) is 372 Å². The van der Waals surface area contributed by atoms with Gasteiger partial charge in [0.2, 0.25) is 6.41 Å². The molecule has 0 aliphatic rings. The van der Waals surface area contributed by atoms with E-state index >= 15 is 0 Å². The molecule has 3 aromatic heterocycles. The number of nitro benzene ring substituents is 3. The summed E-state index contributed by atoms with van der Waals surface area (Å²) in [5.41, 5.74) is 27.9. The predicted molar refractivity (Wildman–Crippen MR) is 557 cm³/mol. The van der Waals surface area contributed by atoms with Crippen molar-refractivity contribution in [1.29, 1.82) is 10.5 Å². The Balaban J connectivity index is 0.000000253. The van der Waals surface area contributed by atoms with Crippen LogP contribution in [0, 0.1) is 114 Å². The standard InChI is InChI=1S/C25H20FN5O.C16H10N4O2.C16H12N4.C10H10N4O2.C8H10FN.C8H7N.C7H5ClO2.C7H5N3O2.C5H13NO2.2ClH.Sn/c1-3-17-6-5-9-20(13-17)29-24-22-14-21(10-11-23(22)27-16-28-24)30-25(32)31(2)15-18-7-4-8-19(26)12-18;1-2-11-4-3-5-12(8-11)19-16-14-9-13(20(21)22)6-7-15(14)17-10-18-16;1-2-11-4-3-5-13(8-11)20-16-14-9-12(17)6-7-15(14)18-10-19-16;1-13(2)7-12-10-4-3-9(14(15)16)5-8(10)6-11;1-10-6-7-3-2-4-8(9)5-7;1-2-7-4-3-5-8(9)6-7;8-7(9)10-6-4-2-1-3-5-6;8-4-5-3-6(10(11)12)1-2-7(5)9;1-6(2)5(7-3)8-4;;;/h1,4-14,16H,15H2,2H3,(H,30,32)(H,27,28,29);1,3-10H,(H,17,18,19);1,3-10H,17H2,(H,18,19,20);3-5,7H,1-2H3;2-5,10H,6H2,1H3;1,3-6H,9H2;1-5H;1-3H,9H2;5H,1-4H3;2*1H;/q;;;;;;;;;;;+2/p-2. The van der Waals surface area contributed by atoms with E-state index in [-0.39, 0.29) is 64.5 Å². The molecule has 15 rings (SSSR count). The van der Waals surface area contributed by atoms with E-state index in [4.69, 9.17) is 92.3 Å². The van der Waals surface area contributed by atoms with Crippen LogP contribution in [0.15, 0.2) is 291 Å². The molecule has 0 bridgehead atoms. The van der Waals surface area contributed by atoms with Gasteiger partial charge in [-0.2, -0.15) is 10.5 Å². The summed E-state index contributed by atoms with van der Waals surface area (Å²) in [7, 11) is 23.9. The van der Waals surface area contributed by atoms with Gasteiger partial charge in [-0.3, -0.25) is 35.2 Å². The summed E-state index contributed by atoms with van der Waals surface area (Å²) in [6.45, 7) is 0.996. The van der Waals surface area contributed by atoms with Gasteiger partial charge in [0.25, 0.3) is 17.1 Å². The number of anilines is 10. The second kappa shape index (κ2) is 60.8. The summed E-state index contributed by atoms with van der Waals surface area (Å²) in [5.74, 6) is 12.0. The second-order valence-electron chi connectivity index (χ2n) is 28.9. The number of methoxy groups -OCH3 is 2. The third-order valence-corrected chi connectivity index (χ3v) is 18.2. The molecule has 0 saturated carbocycles. The first-order valence-corrected chi connectivity index (χ1v) is 48.9. The van der Waals surface area contributed by atoms with Gasteiger partial charge in [0.15, 0.2) is 0 Å². The van der Waals surface area contributed by atoms with Gasteiger partial charge in [-0.15, -0.1) is 25.7 Å². The number of aromatic nitrogens is 6. The monoisotopic (exact) mass is 2080 g/mol. The number of nitriles is 2. The number of nitrogen functional groups attached to an aromatic ring is 3. The Morgan fingerprint density at radius 2 is 0.915 bits per heavy atom. The minimum atomic E-state index is -0.826. The Morgan fingerprint density at radius 1 is 0.500 bits per heavy atom. The molecule has 34 nitrogen and oxygen atoms in total. The summed E-state index contributed by atoms with van der Waals surface area (Å²) >= 11 is 4.13. The summed E-state index contributed by atoms with van der Waals surface area (Å²) in [5, 5.41) is 66.6. The molecule has 720 valence electrons. The number of carbonyl (C=O) groups is 2. The molecule has 0 fully saturated rings. The van der Waals surface area contributed by atoms with Crippen molar-refractivity contribution in [2.75, 3.05) is 95.0 Å². The van der Waals surface area contributed by atoms with Crippen molar-refractivity contribution in [2.45, 2.75) is 19.5 Å². The van der Waals surface area contributed by atoms with Crippen molar-refractivity contribution < 1.29 is 47.4 Å². The van der Waals surface area contributed by atoms with Gasteiger partial charge < -0.3 is 67.8 Å². The van der Waals surface area contributed by atoms with Crippen molar-refractivity contribution in [3.63, 3.8) is 0 Å². The van der Waals surface area contributed by atoms with Crippen LogP contribution >= 0.6 is 29.4 Å². The molecule has 15 aromatic rings. The van der Waals surface area contributed by atoms with E-state index < -0.39 is 39.1 Å². The Kier molecular flexibility index (Phi) is 48.5. The van der Waals surface area contributed by atoms with Crippen LogP contribution in [0.5, 0.6) is 5.75 Å². The molecule has 0 spiro atoms. The number of hydrogen-bond donors (Lipinski definition) is 8. The van der Waals surface area contributed by atoms with Gasteiger partial charge in [-0.05, 0) is 196 Å². The van der Waals surface area contributed by atoms with E-state index in [0.29, 0.717) is 62.4 Å². The number of fused-ring (bicyclic) bond motifs is 3. The number of nitrogens with one attached hydrogen (secondary N) is 5. The number of carbonyl (C=O) groups excluding carboxylic acids is 2. The number of nitrogens with two attached hydrogens (primary N) is 3. The molecule has 40 heteroatoms. The maximum atomic E-state index is 13.4. The number of non-ortho nitro benzene ring substituents is 3. The quantitative estimate of drug-likeness (QED) is 0.00404. The second-order valence-corrected chi connectivity index (χ2v) is 33.5. The zero-order valence-corrected chi connectivity index (χ0v) is 82.5. The molecule has 0 saturated heterocycles. The Labute approximate surface area is 840 Å². The van der Waals surface area contributed by atoms with Crippen LogP contribution < -0.4 is 48.5 Å². The van der Waals surface area contributed by atoms with Gasteiger partial charge in [-0.1, -0.05) is 90.4 Å². The molecule has 12 aromatic carbocycles. The fourth-order valence-corrected chi connectivity index (χ4v) is 11.8. The van der Waals surface area contributed by atoms with E-state index in [1.54, 1.807) is 125 Å². The molecular formula is C102H92Cl3F2N23O11Sn. The predicted octanol–water partition coefficient (Wildman–Crippen LogP) is 20.4. The topological polar surface area (TPSA) is 476 Å². The fourth-order valence-electron chi connectivity index (χ4n) is 11.7. The molecule has 0 unspecified atom stereocenters. The molecule has 0 aliphatic carbocycles. The fraction of sp³-hybridized carbons (Fsp3) is 0.108. The maximum absolute atomic E-state index is 13.4. The number of rotatable bonds is 20. The third-order valence-electron chi connectivity index (χ3n) is 18.1. The Hall–Kier alpha value is -17.5. The number of hydrogen-bond acceptors (Lipinski definition) is 28. The van der Waals surface area contributed by atoms with Crippen LogP contribution in [0.4, 0.5) is 98.4 Å². The van der Waals surface area contributed by atoms with Crippen molar-refractivity contribution in [3.8, 4) is 67.3 Å². The number of benzene rings is 12. The number of para-hydroxylation sites is 1. The van der Waals surface area contributed by atoms with Crippen LogP contribution in [-0.4, -0.2) is 159 Å². The number of halogens is 5. The SMILES string of the molecule is C#Cc1cccc(N)c1.C#Cc1cccc(Nc2ncnc3ccc(N)cc23)c1.C#Cc1cccc(Nc2ncnc3ccc(NC(=O)N(C)Cc4cccc(F)c4)cc23)c1.C#Cc1cccc(Nc2ncnc3ccc([N+](=O)[O-])cc23)c1.CN(C)C=Nc1ccc([N+](=O)[O-])cc1C#N.CNCc1cccc(F)c1.COC(OC)N(C)C.N#Cc1cc([N+](=O)[O-])ccc1N.O=C(Cl)Oc1ccccc1.[Cl][Sn][Cl]. The number of aliphatic imine (C=N–C) groups is 1. The summed E-state index contributed by atoms with van der Waals surface area (Å²) in [4.78, 5) is 87.3. The first kappa shape index (κ1) is 113. The van der Waals surface area contributed by atoms with Crippen molar-refractivity contribution >= 4 is 179 Å². The number of ether oxygens (including phenoxy) is 3. The van der Waals surface area contributed by atoms with Crippen molar-refractivity contribution in [2.24, 2.45) is 4.99 Å². The van der Waals surface area contributed by atoms with E-state index in [9.17, 15) is 48.7 Å². The zero-order valence-electron chi connectivity index (χ0n) is 77.3. The molecular weight excluding hydrogens is 1990 g/mol. The van der Waals surface area contributed by atoms with Gasteiger partial charge in [0.1, 0.15) is 66.0 Å². The van der Waals surface area contributed by atoms with E-state index in [2.05, 4.69) is 89.9 Å². The Morgan fingerprint density at radius 3 is 1.35 bits per heavy atom. The molecule has 0 atom stereocenters. The number of amides is 2. The molecule has 11 N–H and O–H groups in total. The molecule has 142 heavy (non-hydrogen) atoms. The minimum absolute atomic E-state index is 0.0114. The summed E-state index contributed by atoms with van der Waals surface area (Å²) in [6, 6.07) is 77.4. The van der Waals surface area contributed by atoms with E-state index in [1.165, 1.54) is 97.0 Å². The van der Waals surface area contributed by atoms with E-state index in [1.807, 2.05) is 147 Å². The molecule has 2 amide bonds. The first-order valence-electron chi connectivity index (χ1n) is 41.3. The van der Waals surface area contributed by atoms with Gasteiger partial charge in [-0.25, -0.2) is 53.3 Å². The van der Waals surface area contributed by atoms with Gasteiger partial charge >= 0.3 is 48.2 Å². The van der Waals surface area contributed by atoms with Crippen LogP contribution in [-0.2, 0) is 22.6 Å². The zero-order chi connectivity index (χ0) is 104. The van der Waals surface area contributed by atoms with Crippen LogP contribution in [0.3, 0.4) is 0 Å². The number of terminal acetylenes is 4. The molecule has 2 radical (unpaired) electrons. The normalized spacial score (nSPS) is 9.84. The van der Waals surface area contributed by atoms with Crippen LogP contribution in [0.1, 0.15) is 44.5 Å². The number of nitrogens with zero attached hydrogens (tertiary/aromatic N) is 15. The van der Waals surface area contributed by atoms with Crippen LogP contribution in [0.25, 0.3) is 32.7 Å². The van der Waals surface area contributed by atoms with Gasteiger partial charge in [0, 0.05) is 175 Å². The van der Waals surface area contributed by atoms with Crippen molar-refractivity contribution in [1.82, 2.24) is 49.9 Å². The third kappa shape index (κ3) is 39.6. The molecule has 0 aliphatic heterocycles. The number of urea groups is 1.